The van der Waals surface area contributed by atoms with Crippen LogP contribution in [0.5, 0.6) is 0 Å². The van der Waals surface area contributed by atoms with Crippen LogP contribution in [0.2, 0.25) is 0 Å². The predicted octanol–water partition coefficient (Wildman–Crippen LogP) is 0.905. The summed E-state index contributed by atoms with van der Waals surface area (Å²) in [4.78, 5) is 20.7. The normalized spacial score (nSPS) is 12.1. The van der Waals surface area contributed by atoms with Crippen LogP contribution >= 0.6 is 11.8 Å². The van der Waals surface area contributed by atoms with Crippen LogP contribution in [0, 0.1) is 0 Å². The molecule has 0 radical (unpaired) electrons. The number of carboxylic acid groups (broad SMARTS) is 1. The van der Waals surface area contributed by atoms with E-state index in [4.69, 9.17) is 5.11 Å². The van der Waals surface area contributed by atoms with Gasteiger partial charge in [0.1, 0.15) is 5.25 Å². The molecule has 0 amide bonds. The van der Waals surface area contributed by atoms with E-state index in [2.05, 4.69) is 6.58 Å². The third-order valence-electron chi connectivity index (χ3n) is 0.807. The van der Waals surface area contributed by atoms with Crippen LogP contribution in [0.4, 0.5) is 0 Å². The molecule has 4 heteroatoms. The van der Waals surface area contributed by atoms with Gasteiger partial charge in [0, 0.05) is 0 Å². The van der Waals surface area contributed by atoms with E-state index >= 15 is 0 Å². The zero-order valence-electron chi connectivity index (χ0n) is 5.53. The summed E-state index contributed by atoms with van der Waals surface area (Å²) in [6.07, 6.45) is 1.10. The highest BCUT2D eigenvalue weighted by atomic mass is 32.2. The van der Waals surface area contributed by atoms with E-state index in [1.54, 1.807) is 0 Å². The fourth-order valence-electron chi connectivity index (χ4n) is 0.273. The molecular formula is C6H8O3S. The highest BCUT2D eigenvalue weighted by Crippen LogP contribution is 2.11. The third kappa shape index (κ3) is 3.29. The van der Waals surface area contributed by atoms with Crippen LogP contribution in [0.1, 0.15) is 6.92 Å². The largest absolute Gasteiger partial charge is 0.480 e. The Bertz CT molecular complexity index is 164. The molecule has 1 unspecified atom stereocenters. The molecular weight excluding hydrogens is 152 g/mol. The van der Waals surface area contributed by atoms with Gasteiger partial charge in [0.2, 0.25) is 5.12 Å². The van der Waals surface area contributed by atoms with Gasteiger partial charge in [-0.2, -0.15) is 0 Å². The lowest BCUT2D eigenvalue weighted by Crippen LogP contribution is -2.13. The van der Waals surface area contributed by atoms with E-state index in [0.717, 1.165) is 17.8 Å². The Balaban J connectivity index is 3.79. The molecule has 0 heterocycles. The van der Waals surface area contributed by atoms with Crippen molar-refractivity contribution in [2.45, 2.75) is 12.2 Å². The van der Waals surface area contributed by atoms with E-state index in [-0.39, 0.29) is 5.12 Å². The van der Waals surface area contributed by atoms with Crippen molar-refractivity contribution >= 4 is 22.8 Å². The maximum Gasteiger partial charge on any atom is 0.316 e. The maximum atomic E-state index is 10.5. The summed E-state index contributed by atoms with van der Waals surface area (Å²) in [6.45, 7) is 4.66. The SMILES string of the molecule is C=CC(=O)SC(C)C(=O)O. The van der Waals surface area contributed by atoms with Crippen LogP contribution in [0.3, 0.4) is 0 Å². The van der Waals surface area contributed by atoms with Crippen molar-refractivity contribution in [2.24, 2.45) is 0 Å². The van der Waals surface area contributed by atoms with Crippen molar-refractivity contribution in [3.05, 3.63) is 12.7 Å². The molecule has 0 aliphatic heterocycles. The van der Waals surface area contributed by atoms with Crippen LogP contribution in [-0.2, 0) is 9.59 Å². The molecule has 0 spiro atoms. The molecule has 10 heavy (non-hydrogen) atoms. The Morgan fingerprint density at radius 2 is 2.20 bits per heavy atom. The number of carboxylic acids is 1. The van der Waals surface area contributed by atoms with Gasteiger partial charge in [-0.3, -0.25) is 9.59 Å². The van der Waals surface area contributed by atoms with Crippen molar-refractivity contribution < 1.29 is 14.7 Å². The fourth-order valence-corrected chi connectivity index (χ4v) is 0.818. The molecule has 0 aliphatic rings. The first-order valence-corrected chi connectivity index (χ1v) is 3.51. The van der Waals surface area contributed by atoms with Crippen LogP contribution in [0.15, 0.2) is 12.7 Å². The van der Waals surface area contributed by atoms with E-state index in [0.29, 0.717) is 0 Å². The number of hydrogen-bond donors (Lipinski definition) is 1. The Morgan fingerprint density at radius 3 is 2.50 bits per heavy atom. The summed E-state index contributed by atoms with van der Waals surface area (Å²) in [5.41, 5.74) is 0. The summed E-state index contributed by atoms with van der Waals surface area (Å²) in [7, 11) is 0. The summed E-state index contributed by atoms with van der Waals surface area (Å²) < 4.78 is 0. The van der Waals surface area contributed by atoms with Gasteiger partial charge in [0.25, 0.3) is 0 Å². The second kappa shape index (κ2) is 4.11. The molecule has 0 aromatic carbocycles. The first-order chi connectivity index (χ1) is 4.57. The quantitative estimate of drug-likeness (QED) is 0.623. The minimum atomic E-state index is -0.986. The minimum absolute atomic E-state index is 0.310. The van der Waals surface area contributed by atoms with Crippen molar-refractivity contribution in [3.8, 4) is 0 Å². The van der Waals surface area contributed by atoms with Gasteiger partial charge in [-0.1, -0.05) is 18.3 Å². The smallest absolute Gasteiger partial charge is 0.316 e. The molecule has 1 N–H and O–H groups in total. The van der Waals surface area contributed by atoms with Crippen LogP contribution in [0.25, 0.3) is 0 Å². The molecule has 0 rings (SSSR count). The van der Waals surface area contributed by atoms with Gasteiger partial charge in [-0.05, 0) is 13.0 Å². The van der Waals surface area contributed by atoms with Gasteiger partial charge in [-0.25, -0.2) is 0 Å². The standard InChI is InChI=1S/C6H8O3S/c1-3-5(7)10-4(2)6(8)9/h3-4H,1H2,2H3,(H,8,9). The van der Waals surface area contributed by atoms with E-state index in [1.807, 2.05) is 0 Å². The lowest BCUT2D eigenvalue weighted by atomic mass is 10.5. The molecule has 0 fully saturated rings. The Hall–Kier alpha value is -0.770. The number of aliphatic carboxylic acids is 1. The molecule has 0 aromatic heterocycles. The summed E-state index contributed by atoms with van der Waals surface area (Å²) in [5.74, 6) is -0.986. The van der Waals surface area contributed by atoms with Gasteiger partial charge in [0.15, 0.2) is 0 Å². The summed E-state index contributed by atoms with van der Waals surface area (Å²) >= 11 is 0.751. The first kappa shape index (κ1) is 9.23. The summed E-state index contributed by atoms with van der Waals surface area (Å²) in [6, 6.07) is 0. The molecule has 3 nitrogen and oxygen atoms in total. The summed E-state index contributed by atoms with van der Waals surface area (Å²) in [5, 5.41) is 7.32. The molecule has 0 saturated carbocycles. The van der Waals surface area contributed by atoms with Crippen molar-refractivity contribution in [3.63, 3.8) is 0 Å². The molecule has 0 bridgehead atoms. The second-order valence-electron chi connectivity index (χ2n) is 1.62. The third-order valence-corrected chi connectivity index (χ3v) is 1.76. The predicted molar refractivity (Wildman–Crippen MR) is 39.9 cm³/mol. The fraction of sp³-hybridized carbons (Fsp3) is 0.333. The van der Waals surface area contributed by atoms with Gasteiger partial charge in [0.05, 0.1) is 0 Å². The zero-order chi connectivity index (χ0) is 8.15. The molecule has 56 valence electrons. The topological polar surface area (TPSA) is 54.4 Å². The van der Waals surface area contributed by atoms with E-state index in [1.165, 1.54) is 6.92 Å². The Morgan fingerprint density at radius 1 is 1.70 bits per heavy atom. The van der Waals surface area contributed by atoms with Gasteiger partial charge in [-0.15, -0.1) is 0 Å². The van der Waals surface area contributed by atoms with Crippen LogP contribution < -0.4 is 0 Å². The van der Waals surface area contributed by atoms with Crippen molar-refractivity contribution in [2.75, 3.05) is 0 Å². The van der Waals surface area contributed by atoms with E-state index in [9.17, 15) is 9.59 Å². The minimum Gasteiger partial charge on any atom is -0.480 e. The van der Waals surface area contributed by atoms with E-state index < -0.39 is 11.2 Å². The number of carbonyl (C=O) groups is 2. The maximum absolute atomic E-state index is 10.5. The van der Waals surface area contributed by atoms with Gasteiger partial charge < -0.3 is 5.11 Å². The molecule has 0 aromatic rings. The Labute approximate surface area is 63.1 Å². The van der Waals surface area contributed by atoms with Gasteiger partial charge >= 0.3 is 5.97 Å². The van der Waals surface area contributed by atoms with Crippen molar-refractivity contribution in [1.29, 1.82) is 0 Å². The Kier molecular flexibility index (Phi) is 3.79. The average molecular weight is 160 g/mol. The lowest BCUT2D eigenvalue weighted by Gasteiger charge is -1.99. The highest BCUT2D eigenvalue weighted by Gasteiger charge is 2.13. The van der Waals surface area contributed by atoms with Crippen molar-refractivity contribution in [1.82, 2.24) is 0 Å². The molecule has 0 saturated heterocycles. The lowest BCUT2D eigenvalue weighted by molar-refractivity contribution is -0.136. The van der Waals surface area contributed by atoms with Crippen LogP contribution in [-0.4, -0.2) is 21.4 Å². The zero-order valence-corrected chi connectivity index (χ0v) is 6.35. The number of thioether (sulfide) groups is 1. The second-order valence-corrected chi connectivity index (χ2v) is 2.97. The monoisotopic (exact) mass is 160 g/mol. The number of carbonyl (C=O) groups excluding carboxylic acids is 1. The molecule has 0 aliphatic carbocycles. The number of hydrogen-bond acceptors (Lipinski definition) is 3. The average Bonchev–Trinajstić information content (AvgIpc) is 1.87. The molecule has 1 atom stereocenters. The number of rotatable bonds is 3. The highest BCUT2D eigenvalue weighted by molar-refractivity contribution is 8.15. The first-order valence-electron chi connectivity index (χ1n) is 2.63.